The Kier molecular flexibility index (Phi) is 5.67. The van der Waals surface area contributed by atoms with Crippen molar-refractivity contribution in [1.29, 1.82) is 0 Å². The van der Waals surface area contributed by atoms with Crippen LogP contribution < -0.4 is 10.2 Å². The molecule has 0 amide bonds. The maximum atomic E-state index is 9.53. The monoisotopic (exact) mass is 262 g/mol. The summed E-state index contributed by atoms with van der Waals surface area (Å²) in [6.45, 7) is 4.38. The molecule has 19 heavy (non-hydrogen) atoms. The molecule has 0 heterocycles. The number of rotatable bonds is 9. The third-order valence-electron chi connectivity index (χ3n) is 3.61. The molecule has 0 bridgehead atoms. The van der Waals surface area contributed by atoms with Gasteiger partial charge in [0.2, 0.25) is 0 Å². The van der Waals surface area contributed by atoms with Crippen molar-refractivity contribution in [2.45, 2.75) is 44.7 Å². The second-order valence-electron chi connectivity index (χ2n) is 5.46. The molecule has 3 heteroatoms. The van der Waals surface area contributed by atoms with Gasteiger partial charge in [0.1, 0.15) is 0 Å². The molecule has 2 rings (SSSR count). The van der Waals surface area contributed by atoms with Crippen LogP contribution >= 0.6 is 0 Å². The zero-order valence-corrected chi connectivity index (χ0v) is 11.9. The summed E-state index contributed by atoms with van der Waals surface area (Å²) in [5, 5.41) is 13.1. The van der Waals surface area contributed by atoms with Crippen LogP contribution in [-0.4, -0.2) is 36.9 Å². The van der Waals surface area contributed by atoms with E-state index in [2.05, 4.69) is 41.4 Å². The van der Waals surface area contributed by atoms with Crippen LogP contribution in [0.5, 0.6) is 0 Å². The Balaban J connectivity index is 1.95. The van der Waals surface area contributed by atoms with Gasteiger partial charge in [-0.15, -0.1) is 0 Å². The second kappa shape index (κ2) is 7.51. The molecule has 1 unspecified atom stereocenters. The third kappa shape index (κ3) is 4.84. The van der Waals surface area contributed by atoms with Crippen molar-refractivity contribution in [2.24, 2.45) is 0 Å². The lowest BCUT2D eigenvalue weighted by molar-refractivity contribution is 0.242. The highest BCUT2D eigenvalue weighted by molar-refractivity contribution is 5.46. The number of nitrogens with one attached hydrogen (secondary N) is 1. The van der Waals surface area contributed by atoms with Gasteiger partial charge in [0.25, 0.3) is 0 Å². The third-order valence-corrected chi connectivity index (χ3v) is 3.61. The number of hydrogen-bond donors (Lipinski definition) is 2. The molecule has 0 spiro atoms. The van der Waals surface area contributed by atoms with E-state index < -0.39 is 0 Å². The Morgan fingerprint density at radius 1 is 1.32 bits per heavy atom. The van der Waals surface area contributed by atoms with Gasteiger partial charge in [-0.05, 0) is 31.4 Å². The lowest BCUT2D eigenvalue weighted by Gasteiger charge is -2.29. The van der Waals surface area contributed by atoms with Crippen molar-refractivity contribution in [3.8, 4) is 0 Å². The normalized spacial score (nSPS) is 16.3. The molecular weight excluding hydrogens is 236 g/mol. The quantitative estimate of drug-likeness (QED) is 0.717. The summed E-state index contributed by atoms with van der Waals surface area (Å²) in [6, 6.07) is 11.3. The molecule has 3 nitrogen and oxygen atoms in total. The van der Waals surface area contributed by atoms with E-state index in [9.17, 15) is 5.11 Å². The highest BCUT2D eigenvalue weighted by atomic mass is 16.3. The maximum absolute atomic E-state index is 9.53. The number of hydrogen-bond acceptors (Lipinski definition) is 3. The molecule has 1 fully saturated rings. The van der Waals surface area contributed by atoms with Crippen LogP contribution in [0.4, 0.5) is 5.69 Å². The Hall–Kier alpha value is -1.06. The minimum absolute atomic E-state index is 0.185. The number of aliphatic hydroxyl groups is 1. The standard InChI is InChI=1S/C16H26N2O/c1-2-3-11-18(16-7-5-4-6-8-16)12-15(13-19)17-14-9-10-14/h4-8,14-15,17,19H,2-3,9-13H2,1H3. The highest BCUT2D eigenvalue weighted by Crippen LogP contribution is 2.20. The average molecular weight is 262 g/mol. The molecule has 1 aromatic carbocycles. The first kappa shape index (κ1) is 14.4. The SMILES string of the molecule is CCCCN(CC(CO)NC1CC1)c1ccccc1. The van der Waals surface area contributed by atoms with Crippen molar-refractivity contribution in [2.75, 3.05) is 24.6 Å². The van der Waals surface area contributed by atoms with Gasteiger partial charge in [0.15, 0.2) is 0 Å². The van der Waals surface area contributed by atoms with Gasteiger partial charge in [-0.2, -0.15) is 0 Å². The van der Waals surface area contributed by atoms with Crippen molar-refractivity contribution in [3.05, 3.63) is 30.3 Å². The molecule has 0 saturated heterocycles. The van der Waals surface area contributed by atoms with Crippen LogP contribution in [0.2, 0.25) is 0 Å². The van der Waals surface area contributed by atoms with Gasteiger partial charge in [0.05, 0.1) is 6.61 Å². The minimum atomic E-state index is 0.185. The summed E-state index contributed by atoms with van der Waals surface area (Å²) < 4.78 is 0. The zero-order chi connectivity index (χ0) is 13.5. The summed E-state index contributed by atoms with van der Waals surface area (Å²) in [5.74, 6) is 0. The average Bonchev–Trinajstić information content (AvgIpc) is 3.27. The van der Waals surface area contributed by atoms with E-state index in [1.807, 2.05) is 6.07 Å². The molecular formula is C16H26N2O. The Bertz CT molecular complexity index is 351. The van der Waals surface area contributed by atoms with Crippen molar-refractivity contribution in [1.82, 2.24) is 5.32 Å². The predicted octanol–water partition coefficient (Wildman–Crippen LogP) is 2.41. The molecule has 0 aromatic heterocycles. The van der Waals surface area contributed by atoms with Crippen molar-refractivity contribution < 1.29 is 5.11 Å². The van der Waals surface area contributed by atoms with Crippen LogP contribution in [0, 0.1) is 0 Å². The number of nitrogens with zero attached hydrogens (tertiary/aromatic N) is 1. The summed E-state index contributed by atoms with van der Waals surface area (Å²) in [7, 11) is 0. The summed E-state index contributed by atoms with van der Waals surface area (Å²) in [6.07, 6.45) is 4.91. The Labute approximate surface area is 116 Å². The number of unbranched alkanes of at least 4 members (excludes halogenated alkanes) is 1. The summed E-state index contributed by atoms with van der Waals surface area (Å²) in [5.41, 5.74) is 1.26. The first-order valence-corrected chi connectivity index (χ1v) is 7.50. The van der Waals surface area contributed by atoms with E-state index in [0.29, 0.717) is 6.04 Å². The topological polar surface area (TPSA) is 35.5 Å². The Morgan fingerprint density at radius 3 is 2.63 bits per heavy atom. The minimum Gasteiger partial charge on any atom is -0.395 e. The van der Waals surface area contributed by atoms with Crippen LogP contribution in [0.1, 0.15) is 32.6 Å². The van der Waals surface area contributed by atoms with E-state index in [1.165, 1.54) is 31.4 Å². The van der Waals surface area contributed by atoms with E-state index in [4.69, 9.17) is 0 Å². The first-order valence-electron chi connectivity index (χ1n) is 7.50. The van der Waals surface area contributed by atoms with E-state index in [1.54, 1.807) is 0 Å². The lowest BCUT2D eigenvalue weighted by Crippen LogP contribution is -2.44. The largest absolute Gasteiger partial charge is 0.395 e. The fraction of sp³-hybridized carbons (Fsp3) is 0.625. The summed E-state index contributed by atoms with van der Waals surface area (Å²) >= 11 is 0. The number of para-hydroxylation sites is 1. The van der Waals surface area contributed by atoms with Crippen LogP contribution in [0.3, 0.4) is 0 Å². The van der Waals surface area contributed by atoms with E-state index >= 15 is 0 Å². The highest BCUT2D eigenvalue weighted by Gasteiger charge is 2.25. The van der Waals surface area contributed by atoms with E-state index in [0.717, 1.165) is 13.1 Å². The Morgan fingerprint density at radius 2 is 2.05 bits per heavy atom. The van der Waals surface area contributed by atoms with Gasteiger partial charge < -0.3 is 15.3 Å². The van der Waals surface area contributed by atoms with Gasteiger partial charge in [-0.25, -0.2) is 0 Å². The first-order chi connectivity index (χ1) is 9.33. The van der Waals surface area contributed by atoms with Gasteiger partial charge in [0, 0.05) is 30.9 Å². The molecule has 1 aromatic rings. The van der Waals surface area contributed by atoms with Gasteiger partial charge >= 0.3 is 0 Å². The molecule has 106 valence electrons. The second-order valence-corrected chi connectivity index (χ2v) is 5.46. The van der Waals surface area contributed by atoms with E-state index in [-0.39, 0.29) is 12.6 Å². The summed E-state index contributed by atoms with van der Waals surface area (Å²) in [4.78, 5) is 2.39. The molecule has 1 saturated carbocycles. The smallest absolute Gasteiger partial charge is 0.0602 e. The molecule has 1 aliphatic carbocycles. The van der Waals surface area contributed by atoms with Gasteiger partial charge in [-0.3, -0.25) is 0 Å². The van der Waals surface area contributed by atoms with Gasteiger partial charge in [-0.1, -0.05) is 31.5 Å². The zero-order valence-electron chi connectivity index (χ0n) is 11.9. The number of anilines is 1. The molecule has 1 aliphatic rings. The fourth-order valence-corrected chi connectivity index (χ4v) is 2.33. The van der Waals surface area contributed by atoms with Crippen LogP contribution in [-0.2, 0) is 0 Å². The predicted molar refractivity (Wildman–Crippen MR) is 80.6 cm³/mol. The van der Waals surface area contributed by atoms with Crippen molar-refractivity contribution >= 4 is 5.69 Å². The van der Waals surface area contributed by atoms with Crippen LogP contribution in [0.15, 0.2) is 30.3 Å². The van der Waals surface area contributed by atoms with Crippen LogP contribution in [0.25, 0.3) is 0 Å². The van der Waals surface area contributed by atoms with Crippen molar-refractivity contribution in [3.63, 3.8) is 0 Å². The molecule has 2 N–H and O–H groups in total. The fourth-order valence-electron chi connectivity index (χ4n) is 2.33. The number of aliphatic hydroxyl groups excluding tert-OH is 1. The molecule has 1 atom stereocenters. The molecule has 0 radical (unpaired) electrons. The number of benzene rings is 1. The molecule has 0 aliphatic heterocycles. The lowest BCUT2D eigenvalue weighted by atomic mass is 10.2. The maximum Gasteiger partial charge on any atom is 0.0602 e.